The molecule has 0 fully saturated rings. The third-order valence-electron chi connectivity index (χ3n) is 3.99. The molecule has 108 valence electrons. The van der Waals surface area contributed by atoms with E-state index in [2.05, 4.69) is 13.8 Å². The van der Waals surface area contributed by atoms with Gasteiger partial charge in [-0.1, -0.05) is 13.8 Å². The summed E-state index contributed by atoms with van der Waals surface area (Å²) in [6.45, 7) is 8.53. The maximum Gasteiger partial charge on any atom is 0.242 e. The molecule has 0 bridgehead atoms. The number of ketones is 1. The average Bonchev–Trinajstić information content (AvgIpc) is 2.47. The van der Waals surface area contributed by atoms with Crippen LogP contribution in [0, 0.1) is 0 Å². The largest absolute Gasteiger partial charge is 0.485 e. The second kappa shape index (κ2) is 6.12. The van der Waals surface area contributed by atoms with Gasteiger partial charge in [-0.05, 0) is 61.1 Å². The molecule has 0 saturated carbocycles. The number of allylic oxidation sites excluding steroid dienone is 4. The lowest BCUT2D eigenvalue weighted by Crippen LogP contribution is -2.30. The van der Waals surface area contributed by atoms with E-state index in [0.29, 0.717) is 12.4 Å². The standard InChI is InChI=1S/C17H22O3/c1-5-13-7-9-19-16(11(13)3)15(18)17-12(4)14(6-2)8-10-20-17/h7-9,16H,5-6,10H2,1-4H3/t16-/m1/s1. The van der Waals surface area contributed by atoms with Crippen molar-refractivity contribution in [1.82, 2.24) is 0 Å². The second-order valence-corrected chi connectivity index (χ2v) is 5.09. The van der Waals surface area contributed by atoms with Crippen LogP contribution >= 0.6 is 0 Å². The Hall–Kier alpha value is -1.77. The number of hydrogen-bond donors (Lipinski definition) is 0. The third kappa shape index (κ3) is 2.58. The highest BCUT2D eigenvalue weighted by atomic mass is 16.5. The Bertz CT molecular complexity index is 532. The van der Waals surface area contributed by atoms with Crippen molar-refractivity contribution in [3.63, 3.8) is 0 Å². The van der Waals surface area contributed by atoms with Crippen LogP contribution in [0.2, 0.25) is 0 Å². The van der Waals surface area contributed by atoms with Gasteiger partial charge in [-0.15, -0.1) is 0 Å². The number of rotatable bonds is 4. The predicted octanol–water partition coefficient (Wildman–Crippen LogP) is 3.84. The first-order valence-corrected chi connectivity index (χ1v) is 7.19. The first-order valence-electron chi connectivity index (χ1n) is 7.19. The maximum absolute atomic E-state index is 12.7. The highest BCUT2D eigenvalue weighted by Gasteiger charge is 2.31. The fraction of sp³-hybridized carbons (Fsp3) is 0.471. The summed E-state index contributed by atoms with van der Waals surface area (Å²) in [5.41, 5.74) is 4.27. The van der Waals surface area contributed by atoms with Gasteiger partial charge in [-0.3, -0.25) is 4.79 Å². The molecule has 0 radical (unpaired) electrons. The van der Waals surface area contributed by atoms with Crippen molar-refractivity contribution in [1.29, 1.82) is 0 Å². The molecule has 3 nitrogen and oxygen atoms in total. The minimum atomic E-state index is -0.545. The lowest BCUT2D eigenvalue weighted by molar-refractivity contribution is -0.125. The minimum absolute atomic E-state index is 0.0747. The number of carbonyl (C=O) groups is 1. The summed E-state index contributed by atoms with van der Waals surface area (Å²) < 4.78 is 11.1. The summed E-state index contributed by atoms with van der Waals surface area (Å²) in [5, 5.41) is 0. The Morgan fingerprint density at radius 3 is 2.70 bits per heavy atom. The van der Waals surface area contributed by atoms with Crippen LogP contribution in [0.5, 0.6) is 0 Å². The van der Waals surface area contributed by atoms with Gasteiger partial charge in [0, 0.05) is 0 Å². The van der Waals surface area contributed by atoms with Crippen LogP contribution in [0.15, 0.2) is 46.5 Å². The van der Waals surface area contributed by atoms with Crippen LogP contribution in [0.1, 0.15) is 40.5 Å². The molecule has 1 atom stereocenters. The third-order valence-corrected chi connectivity index (χ3v) is 3.99. The van der Waals surface area contributed by atoms with Crippen molar-refractivity contribution >= 4 is 5.78 Å². The Labute approximate surface area is 120 Å². The number of hydrogen-bond acceptors (Lipinski definition) is 3. The molecule has 0 aliphatic carbocycles. The molecule has 2 rings (SSSR count). The molecular formula is C17H22O3. The van der Waals surface area contributed by atoms with E-state index in [0.717, 1.165) is 29.6 Å². The van der Waals surface area contributed by atoms with E-state index in [4.69, 9.17) is 9.47 Å². The molecule has 0 saturated heterocycles. The van der Waals surface area contributed by atoms with E-state index in [1.165, 1.54) is 5.57 Å². The lowest BCUT2D eigenvalue weighted by atomic mass is 9.93. The zero-order valence-electron chi connectivity index (χ0n) is 12.7. The van der Waals surface area contributed by atoms with E-state index in [9.17, 15) is 4.79 Å². The molecule has 0 amide bonds. The van der Waals surface area contributed by atoms with Crippen LogP contribution in [0.3, 0.4) is 0 Å². The monoisotopic (exact) mass is 274 g/mol. The summed E-state index contributed by atoms with van der Waals surface area (Å²) in [6, 6.07) is 0. The van der Waals surface area contributed by atoms with Crippen molar-refractivity contribution in [3.05, 3.63) is 46.5 Å². The Morgan fingerprint density at radius 2 is 2.05 bits per heavy atom. The smallest absolute Gasteiger partial charge is 0.242 e. The predicted molar refractivity (Wildman–Crippen MR) is 79.0 cm³/mol. The second-order valence-electron chi connectivity index (χ2n) is 5.09. The zero-order valence-corrected chi connectivity index (χ0v) is 12.7. The Kier molecular flexibility index (Phi) is 4.48. The van der Waals surface area contributed by atoms with E-state index in [-0.39, 0.29) is 5.78 Å². The van der Waals surface area contributed by atoms with Gasteiger partial charge in [-0.2, -0.15) is 0 Å². The van der Waals surface area contributed by atoms with Gasteiger partial charge in [0.05, 0.1) is 6.26 Å². The molecule has 0 aromatic rings. The van der Waals surface area contributed by atoms with Crippen molar-refractivity contribution in [3.8, 4) is 0 Å². The van der Waals surface area contributed by atoms with Gasteiger partial charge in [0.1, 0.15) is 6.61 Å². The van der Waals surface area contributed by atoms with Crippen LogP contribution in [0.25, 0.3) is 0 Å². The molecular weight excluding hydrogens is 252 g/mol. The Balaban J connectivity index is 2.31. The summed E-state index contributed by atoms with van der Waals surface area (Å²) in [4.78, 5) is 12.7. The molecule has 20 heavy (non-hydrogen) atoms. The van der Waals surface area contributed by atoms with Gasteiger partial charge < -0.3 is 9.47 Å². The van der Waals surface area contributed by atoms with Crippen LogP contribution in [0.4, 0.5) is 0 Å². The van der Waals surface area contributed by atoms with Gasteiger partial charge >= 0.3 is 0 Å². The summed E-state index contributed by atoms with van der Waals surface area (Å²) in [6.07, 6.45) is 6.84. The van der Waals surface area contributed by atoms with Crippen molar-refractivity contribution in [2.24, 2.45) is 0 Å². The van der Waals surface area contributed by atoms with E-state index in [1.54, 1.807) is 6.26 Å². The molecule has 2 heterocycles. The first kappa shape index (κ1) is 14.6. The van der Waals surface area contributed by atoms with Gasteiger partial charge in [0.15, 0.2) is 11.9 Å². The number of carbonyl (C=O) groups excluding carboxylic acids is 1. The first-order chi connectivity index (χ1) is 9.60. The number of ether oxygens (including phenoxy) is 2. The fourth-order valence-electron chi connectivity index (χ4n) is 2.67. The van der Waals surface area contributed by atoms with Crippen molar-refractivity contribution < 1.29 is 14.3 Å². The molecule has 3 heteroatoms. The zero-order chi connectivity index (χ0) is 14.7. The average molecular weight is 274 g/mol. The highest BCUT2D eigenvalue weighted by molar-refractivity contribution is 6.00. The van der Waals surface area contributed by atoms with Gasteiger partial charge in [0.25, 0.3) is 0 Å². The van der Waals surface area contributed by atoms with Crippen LogP contribution in [-0.2, 0) is 14.3 Å². The van der Waals surface area contributed by atoms with Crippen molar-refractivity contribution in [2.45, 2.75) is 46.6 Å². The quantitative estimate of drug-likeness (QED) is 0.781. The van der Waals surface area contributed by atoms with E-state index >= 15 is 0 Å². The SMILES string of the molecule is CCC1=CCOC(C(=O)[C@@H]2OC=CC(CC)=C2C)=C1C. The highest BCUT2D eigenvalue weighted by Crippen LogP contribution is 2.29. The normalized spacial score (nSPS) is 22.4. The molecule has 0 N–H and O–H groups in total. The van der Waals surface area contributed by atoms with Gasteiger partial charge in [0.2, 0.25) is 5.78 Å². The molecule has 0 unspecified atom stereocenters. The molecule has 2 aliphatic heterocycles. The van der Waals surface area contributed by atoms with E-state index < -0.39 is 6.10 Å². The minimum Gasteiger partial charge on any atom is -0.485 e. The van der Waals surface area contributed by atoms with Gasteiger partial charge in [-0.25, -0.2) is 0 Å². The maximum atomic E-state index is 12.7. The lowest BCUT2D eigenvalue weighted by Gasteiger charge is -2.25. The van der Waals surface area contributed by atoms with Crippen molar-refractivity contribution in [2.75, 3.05) is 6.61 Å². The summed E-state index contributed by atoms with van der Waals surface area (Å²) >= 11 is 0. The summed E-state index contributed by atoms with van der Waals surface area (Å²) in [7, 11) is 0. The van der Waals surface area contributed by atoms with E-state index in [1.807, 2.05) is 26.0 Å². The molecule has 2 aliphatic rings. The fourth-order valence-corrected chi connectivity index (χ4v) is 2.67. The topological polar surface area (TPSA) is 35.5 Å². The summed E-state index contributed by atoms with van der Waals surface area (Å²) in [5.74, 6) is 0.383. The molecule has 0 aromatic heterocycles. The molecule has 0 aromatic carbocycles. The Morgan fingerprint density at radius 1 is 1.30 bits per heavy atom. The number of Topliss-reactive ketones (excluding diaryl/α,β-unsaturated/α-hetero) is 1. The van der Waals surface area contributed by atoms with Crippen LogP contribution < -0.4 is 0 Å². The van der Waals surface area contributed by atoms with Crippen LogP contribution in [-0.4, -0.2) is 18.5 Å². The molecule has 0 spiro atoms.